The van der Waals surface area contributed by atoms with Crippen molar-refractivity contribution in [2.45, 2.75) is 0 Å². The minimum atomic E-state index is -2.54. The molecular formula is C22H13N2O4S-. The number of anilines is 1. The topological polar surface area (TPSA) is 95.3 Å². The lowest BCUT2D eigenvalue weighted by Gasteiger charge is -2.14. The summed E-state index contributed by atoms with van der Waals surface area (Å²) < 4.78 is 30.4. The first-order valence-electron chi connectivity index (χ1n) is 8.81. The van der Waals surface area contributed by atoms with Crippen LogP contribution in [0.15, 0.2) is 82.0 Å². The maximum atomic E-state index is 12.7. The van der Waals surface area contributed by atoms with Gasteiger partial charge in [0.05, 0.1) is 22.2 Å². The molecule has 1 atom stereocenters. The number of nitrogens with zero attached hydrogens (tertiary/aromatic N) is 1. The average Bonchev–Trinajstić information content (AvgIpc) is 2.71. The Morgan fingerprint density at radius 2 is 1.45 bits per heavy atom. The highest BCUT2D eigenvalue weighted by molar-refractivity contribution is 7.80. The van der Waals surface area contributed by atoms with Crippen LogP contribution >= 0.6 is 0 Å². The van der Waals surface area contributed by atoms with Crippen molar-refractivity contribution in [1.29, 1.82) is 0 Å². The SMILES string of the molecule is O=c1oc(-c2cc3ccccc3cc2NS(=O)[O-])nc2cc3ccccc3cc12. The van der Waals surface area contributed by atoms with E-state index in [1.807, 2.05) is 54.6 Å². The van der Waals surface area contributed by atoms with E-state index in [-0.39, 0.29) is 11.6 Å². The fourth-order valence-electron chi connectivity index (χ4n) is 3.47. The number of benzene rings is 4. The van der Waals surface area contributed by atoms with E-state index in [4.69, 9.17) is 4.42 Å². The first-order valence-corrected chi connectivity index (χ1v) is 9.89. The van der Waals surface area contributed by atoms with Gasteiger partial charge in [0.15, 0.2) is 0 Å². The first-order chi connectivity index (χ1) is 14.1. The van der Waals surface area contributed by atoms with Gasteiger partial charge >= 0.3 is 5.63 Å². The van der Waals surface area contributed by atoms with Gasteiger partial charge in [-0.15, -0.1) is 0 Å². The minimum Gasteiger partial charge on any atom is -0.755 e. The van der Waals surface area contributed by atoms with Crippen LogP contribution in [0.25, 0.3) is 43.9 Å². The lowest BCUT2D eigenvalue weighted by atomic mass is 10.0. The Labute approximate surface area is 167 Å². The normalized spacial score (nSPS) is 12.4. The maximum Gasteiger partial charge on any atom is 0.347 e. The van der Waals surface area contributed by atoms with E-state index in [9.17, 15) is 13.6 Å². The monoisotopic (exact) mass is 401 g/mol. The third kappa shape index (κ3) is 3.16. The van der Waals surface area contributed by atoms with Crippen molar-refractivity contribution in [3.05, 3.63) is 83.2 Å². The number of hydrogen-bond acceptors (Lipinski definition) is 5. The van der Waals surface area contributed by atoms with Gasteiger partial charge in [0.2, 0.25) is 5.89 Å². The third-order valence-electron chi connectivity index (χ3n) is 4.80. The van der Waals surface area contributed by atoms with E-state index < -0.39 is 16.9 Å². The molecule has 0 aliphatic heterocycles. The van der Waals surface area contributed by atoms with E-state index in [1.165, 1.54) is 0 Å². The minimum absolute atomic E-state index is 0.0523. The van der Waals surface area contributed by atoms with Crippen LogP contribution in [-0.2, 0) is 11.3 Å². The number of hydrogen-bond donors (Lipinski definition) is 1. The average molecular weight is 401 g/mol. The number of aromatic nitrogens is 1. The van der Waals surface area contributed by atoms with Gasteiger partial charge in [-0.3, -0.25) is 4.21 Å². The third-order valence-corrected chi connectivity index (χ3v) is 5.19. The summed E-state index contributed by atoms with van der Waals surface area (Å²) in [5, 5.41) is 3.94. The van der Waals surface area contributed by atoms with Crippen molar-refractivity contribution in [2.24, 2.45) is 0 Å². The zero-order chi connectivity index (χ0) is 20.0. The summed E-state index contributed by atoms with van der Waals surface area (Å²) in [6, 6.07) is 22.2. The predicted octanol–water partition coefficient (Wildman–Crippen LogP) is 4.37. The lowest BCUT2D eigenvalue weighted by Crippen LogP contribution is -2.07. The van der Waals surface area contributed by atoms with Crippen molar-refractivity contribution in [2.75, 3.05) is 4.72 Å². The molecule has 0 saturated heterocycles. The predicted molar refractivity (Wildman–Crippen MR) is 113 cm³/mol. The molecule has 0 radical (unpaired) electrons. The molecule has 0 saturated carbocycles. The maximum absolute atomic E-state index is 12.7. The number of rotatable bonds is 3. The van der Waals surface area contributed by atoms with Gasteiger partial charge in [0.1, 0.15) is 0 Å². The molecule has 0 bridgehead atoms. The van der Waals surface area contributed by atoms with Gasteiger partial charge in [-0.05, 0) is 45.8 Å². The number of nitrogens with one attached hydrogen (secondary N) is 1. The molecule has 7 heteroatoms. The molecule has 1 aromatic heterocycles. The quantitative estimate of drug-likeness (QED) is 0.358. The highest BCUT2D eigenvalue weighted by Gasteiger charge is 2.15. The zero-order valence-electron chi connectivity index (χ0n) is 14.9. The van der Waals surface area contributed by atoms with Crippen LogP contribution in [0, 0.1) is 0 Å². The van der Waals surface area contributed by atoms with Gasteiger partial charge in [0, 0.05) is 11.3 Å². The van der Waals surface area contributed by atoms with Gasteiger partial charge in [0.25, 0.3) is 0 Å². The van der Waals surface area contributed by atoms with E-state index in [0.717, 1.165) is 21.5 Å². The fraction of sp³-hybridized carbons (Fsp3) is 0. The second-order valence-corrected chi connectivity index (χ2v) is 7.28. The van der Waals surface area contributed by atoms with Gasteiger partial charge < -0.3 is 13.7 Å². The smallest absolute Gasteiger partial charge is 0.347 e. The van der Waals surface area contributed by atoms with Crippen LogP contribution < -0.4 is 10.3 Å². The molecule has 4 aromatic carbocycles. The van der Waals surface area contributed by atoms with Crippen LogP contribution in [-0.4, -0.2) is 13.7 Å². The Morgan fingerprint density at radius 1 is 0.862 bits per heavy atom. The molecular weight excluding hydrogens is 388 g/mol. The molecule has 0 fully saturated rings. The van der Waals surface area contributed by atoms with Crippen molar-refractivity contribution < 1.29 is 13.2 Å². The molecule has 6 nitrogen and oxygen atoms in total. The Bertz CT molecular complexity index is 1490. The molecule has 5 aromatic rings. The van der Waals surface area contributed by atoms with Crippen LogP contribution in [0.4, 0.5) is 5.69 Å². The van der Waals surface area contributed by atoms with Crippen LogP contribution in [0.2, 0.25) is 0 Å². The summed E-state index contributed by atoms with van der Waals surface area (Å²) in [7, 11) is 0. The fourth-order valence-corrected chi connectivity index (χ4v) is 3.81. The van der Waals surface area contributed by atoms with Crippen molar-refractivity contribution in [3.8, 4) is 11.5 Å². The molecule has 142 valence electrons. The molecule has 1 N–H and O–H groups in total. The Hall–Kier alpha value is -3.55. The summed E-state index contributed by atoms with van der Waals surface area (Å²) in [5.41, 5.74) is 0.628. The standard InChI is InChI=1S/C22H14N2O4S/c25-22-18-10-14-6-2-3-7-15(14)11-19(18)23-21(28-22)17-9-13-5-1-4-8-16(13)12-20(17)24-29(26)27/h1-12,24H,(H,26,27)/p-1. The van der Waals surface area contributed by atoms with Crippen molar-refractivity contribution >= 4 is 49.4 Å². The highest BCUT2D eigenvalue weighted by atomic mass is 32.2. The Morgan fingerprint density at radius 3 is 2.10 bits per heavy atom. The van der Waals surface area contributed by atoms with Crippen molar-refractivity contribution in [1.82, 2.24) is 4.98 Å². The summed E-state index contributed by atoms with van der Waals surface area (Å²) in [6.45, 7) is 0. The Balaban J connectivity index is 1.80. The highest BCUT2D eigenvalue weighted by Crippen LogP contribution is 2.32. The van der Waals surface area contributed by atoms with Crippen molar-refractivity contribution in [3.63, 3.8) is 0 Å². The van der Waals surface area contributed by atoms with E-state index in [1.54, 1.807) is 18.2 Å². The van der Waals surface area contributed by atoms with Gasteiger partial charge in [-0.1, -0.05) is 48.5 Å². The summed E-state index contributed by atoms with van der Waals surface area (Å²) in [4.78, 5) is 17.2. The van der Waals surface area contributed by atoms with Crippen LogP contribution in [0.1, 0.15) is 0 Å². The second kappa shape index (κ2) is 6.80. The molecule has 1 heterocycles. The first kappa shape index (κ1) is 17.5. The molecule has 5 rings (SSSR count). The molecule has 29 heavy (non-hydrogen) atoms. The van der Waals surface area contributed by atoms with Crippen LogP contribution in [0.3, 0.4) is 0 Å². The van der Waals surface area contributed by atoms with Crippen LogP contribution in [0.5, 0.6) is 0 Å². The second-order valence-electron chi connectivity index (χ2n) is 6.60. The largest absolute Gasteiger partial charge is 0.755 e. The molecule has 0 aliphatic rings. The molecule has 0 aliphatic carbocycles. The van der Waals surface area contributed by atoms with E-state index >= 15 is 0 Å². The van der Waals surface area contributed by atoms with E-state index in [2.05, 4.69) is 9.71 Å². The molecule has 0 amide bonds. The zero-order valence-corrected chi connectivity index (χ0v) is 15.7. The summed E-state index contributed by atoms with van der Waals surface area (Å²) in [5.74, 6) is 0.0523. The van der Waals surface area contributed by atoms with Gasteiger partial charge in [-0.2, -0.15) is 0 Å². The molecule has 0 spiro atoms. The summed E-state index contributed by atoms with van der Waals surface area (Å²) in [6.07, 6.45) is 0. The lowest BCUT2D eigenvalue weighted by molar-refractivity contribution is 0.519. The number of fused-ring (bicyclic) bond motifs is 3. The van der Waals surface area contributed by atoms with E-state index in [0.29, 0.717) is 16.5 Å². The van der Waals surface area contributed by atoms with Gasteiger partial charge in [-0.25, -0.2) is 9.78 Å². The molecule has 1 unspecified atom stereocenters. The summed E-state index contributed by atoms with van der Waals surface area (Å²) >= 11 is -2.54. The Kier molecular flexibility index (Phi) is 4.12.